The number of amides is 4. The molecule has 0 bridgehead atoms. The third kappa shape index (κ3) is 8.27. The zero-order chi connectivity index (χ0) is 46.8. The number of aryl methyl sites for hydroxylation is 1. The molecule has 15 nitrogen and oxygen atoms in total. The van der Waals surface area contributed by atoms with Gasteiger partial charge in [-0.05, 0) is 111 Å². The zero-order valence-corrected chi connectivity index (χ0v) is 40.0. The van der Waals surface area contributed by atoms with E-state index in [0.717, 1.165) is 98.2 Å². The predicted molar refractivity (Wildman–Crippen MR) is 256 cm³/mol. The number of rotatable bonds is 12. The topological polar surface area (TPSA) is 180 Å². The van der Waals surface area contributed by atoms with Crippen molar-refractivity contribution in [3.8, 4) is 39.5 Å². The molecule has 2 aromatic carbocycles. The van der Waals surface area contributed by atoms with Crippen molar-refractivity contribution in [2.24, 2.45) is 11.8 Å². The lowest BCUT2D eigenvalue weighted by molar-refractivity contribution is -0.138. The van der Waals surface area contributed by atoms with Crippen molar-refractivity contribution in [1.82, 2.24) is 44.9 Å². The molecule has 7 heterocycles. The minimum Gasteiger partial charge on any atom is -0.464 e. The van der Waals surface area contributed by atoms with Crippen LogP contribution in [0.2, 0.25) is 0 Å². The number of thiophene rings is 1. The van der Waals surface area contributed by atoms with Gasteiger partial charge in [0.05, 0.1) is 59.1 Å². The molecule has 4 amide bonds. The highest BCUT2D eigenvalue weighted by molar-refractivity contribution is 7.12. The number of ether oxygens (including phenoxy) is 2. The number of methoxy groups -OCH3 is 1. The van der Waals surface area contributed by atoms with Crippen LogP contribution in [0.4, 0.5) is 4.79 Å². The largest absolute Gasteiger partial charge is 0.464 e. The van der Waals surface area contributed by atoms with Crippen molar-refractivity contribution in [3.05, 3.63) is 87.9 Å². The summed E-state index contributed by atoms with van der Waals surface area (Å²) in [5.41, 5.74) is 7.81. The Morgan fingerprint density at radius 2 is 1.39 bits per heavy atom. The first kappa shape index (κ1) is 44.4. The summed E-state index contributed by atoms with van der Waals surface area (Å²) < 4.78 is 14.3. The second-order valence-electron chi connectivity index (χ2n) is 19.3. The third-order valence-corrected chi connectivity index (χ3v) is 15.2. The van der Waals surface area contributed by atoms with Crippen LogP contribution in [-0.4, -0.2) is 90.4 Å². The van der Waals surface area contributed by atoms with E-state index in [1.165, 1.54) is 31.8 Å². The van der Waals surface area contributed by atoms with Crippen LogP contribution in [0, 0.1) is 18.8 Å². The molecule has 0 radical (unpaired) electrons. The SMILES string of the molecule is COC(=O)NC(C(=O)N1CCCC1c1ncc(-c2ccc3c(c2)cc2n3C(c3ccc(C4CC4)s3)Oc3cc(-c4cnc(C5CCCN5C(=O)C(NC(C)=O)C(C)C)[nH]4)cc(C)c3-2)[nH]1)C(C)C. The molecule has 3 aliphatic heterocycles. The van der Waals surface area contributed by atoms with E-state index < -0.39 is 18.2 Å². The summed E-state index contributed by atoms with van der Waals surface area (Å²) >= 11 is 1.83. The molecule has 350 valence electrons. The second-order valence-corrected chi connectivity index (χ2v) is 20.5. The van der Waals surface area contributed by atoms with E-state index in [1.807, 2.05) is 61.2 Å². The number of imidazole rings is 2. The fourth-order valence-corrected chi connectivity index (χ4v) is 11.6. The second kappa shape index (κ2) is 17.7. The van der Waals surface area contributed by atoms with Gasteiger partial charge in [0.15, 0.2) is 0 Å². The summed E-state index contributed by atoms with van der Waals surface area (Å²) in [6, 6.07) is 15.7. The van der Waals surface area contributed by atoms with Gasteiger partial charge in [-0.2, -0.15) is 0 Å². The number of hydrogen-bond acceptors (Lipinski definition) is 9. The standard InChI is InChI=1S/C51H59N9O6S/c1-26(2)44(54-29(6)61)48(62)58-18-8-11-38(58)47-53-25-35(56-47)32-20-28(5)43-39-22-33-21-31(14-15-36(33)60(39)50(66-40(43)23-32)42-17-16-41(67-42)30-12-13-30)34-24-52-46(55-34)37-10-9-19-59(37)49(63)45(27(3)4)57-51(64)65-7/h14-17,20-27,30,37-38,44-45,50H,8-13,18-19H2,1-7H3,(H,52,55)(H,53,56)(H,54,61)(H,57,64). The summed E-state index contributed by atoms with van der Waals surface area (Å²) in [7, 11) is 1.30. The Labute approximate surface area is 394 Å². The number of benzene rings is 2. The highest BCUT2D eigenvalue weighted by Gasteiger charge is 2.40. The first-order valence-corrected chi connectivity index (χ1v) is 24.5. The van der Waals surface area contributed by atoms with E-state index in [4.69, 9.17) is 19.4 Å². The van der Waals surface area contributed by atoms with Crippen molar-refractivity contribution < 1.29 is 28.7 Å². The molecule has 5 atom stereocenters. The molecule has 5 unspecified atom stereocenters. The first-order chi connectivity index (χ1) is 32.3. The number of fused-ring (bicyclic) bond motifs is 5. The number of carbonyl (C=O) groups is 4. The van der Waals surface area contributed by atoms with Crippen LogP contribution < -0.4 is 15.4 Å². The van der Waals surface area contributed by atoms with Crippen LogP contribution >= 0.6 is 11.3 Å². The van der Waals surface area contributed by atoms with E-state index >= 15 is 0 Å². The molecule has 4 N–H and O–H groups in total. The number of H-pyrrole nitrogens is 2. The van der Waals surface area contributed by atoms with Crippen molar-refractivity contribution >= 4 is 46.1 Å². The molecular formula is C51H59N9O6S. The molecule has 6 aromatic rings. The molecule has 4 aromatic heterocycles. The molecule has 2 saturated heterocycles. The Hall–Kier alpha value is -6.42. The van der Waals surface area contributed by atoms with Gasteiger partial charge in [0.1, 0.15) is 29.5 Å². The lowest BCUT2D eigenvalue weighted by atomic mass is 9.98. The molecule has 67 heavy (non-hydrogen) atoms. The Morgan fingerprint density at radius 3 is 1.99 bits per heavy atom. The van der Waals surface area contributed by atoms with Gasteiger partial charge in [0.25, 0.3) is 0 Å². The van der Waals surface area contributed by atoms with Crippen LogP contribution in [0.25, 0.3) is 44.7 Å². The number of aromatic amines is 2. The third-order valence-electron chi connectivity index (χ3n) is 13.9. The van der Waals surface area contributed by atoms with Crippen molar-refractivity contribution in [2.45, 2.75) is 116 Å². The summed E-state index contributed by atoms with van der Waals surface area (Å²) in [5.74, 6) is 2.24. The van der Waals surface area contributed by atoms with Crippen molar-refractivity contribution in [3.63, 3.8) is 0 Å². The quantitative estimate of drug-likeness (QED) is 0.0938. The molecule has 4 aliphatic rings. The summed E-state index contributed by atoms with van der Waals surface area (Å²) in [6.07, 6.45) is 8.35. The van der Waals surface area contributed by atoms with Gasteiger partial charge in [-0.25, -0.2) is 14.8 Å². The van der Waals surface area contributed by atoms with E-state index in [9.17, 15) is 19.2 Å². The van der Waals surface area contributed by atoms with E-state index in [-0.39, 0.29) is 47.9 Å². The maximum absolute atomic E-state index is 13.8. The minimum absolute atomic E-state index is 0.0523. The fourth-order valence-electron chi connectivity index (χ4n) is 10.4. The van der Waals surface area contributed by atoms with Gasteiger partial charge in [-0.15, -0.1) is 11.3 Å². The maximum Gasteiger partial charge on any atom is 0.407 e. The summed E-state index contributed by atoms with van der Waals surface area (Å²) in [6.45, 7) is 12.5. The molecule has 0 spiro atoms. The Kier molecular flexibility index (Phi) is 11.7. The highest BCUT2D eigenvalue weighted by atomic mass is 32.1. The normalized spacial score (nSPS) is 19.9. The number of nitrogens with one attached hydrogen (secondary N) is 4. The van der Waals surface area contributed by atoms with Gasteiger partial charge in [-0.1, -0.05) is 33.8 Å². The Morgan fingerprint density at radius 1 is 0.776 bits per heavy atom. The first-order valence-electron chi connectivity index (χ1n) is 23.7. The van der Waals surface area contributed by atoms with E-state index in [0.29, 0.717) is 19.0 Å². The number of aromatic nitrogens is 5. The van der Waals surface area contributed by atoms with Gasteiger partial charge >= 0.3 is 6.09 Å². The average Bonchev–Trinajstić information content (AvgIpc) is 4.03. The lowest BCUT2D eigenvalue weighted by Crippen LogP contribution is -2.51. The smallest absolute Gasteiger partial charge is 0.407 e. The molecule has 1 saturated carbocycles. The number of nitrogens with zero attached hydrogens (tertiary/aromatic N) is 5. The van der Waals surface area contributed by atoms with Gasteiger partial charge in [0, 0.05) is 47.0 Å². The summed E-state index contributed by atoms with van der Waals surface area (Å²) in [4.78, 5) is 74.8. The number of alkyl carbamates (subject to hydrolysis) is 1. The number of hydrogen-bond donors (Lipinski definition) is 4. The summed E-state index contributed by atoms with van der Waals surface area (Å²) in [5, 5.41) is 6.66. The van der Waals surface area contributed by atoms with Crippen LogP contribution in [0.3, 0.4) is 0 Å². The monoisotopic (exact) mass is 925 g/mol. The van der Waals surface area contributed by atoms with Crippen LogP contribution in [0.1, 0.15) is 124 Å². The Bertz CT molecular complexity index is 2890. The lowest BCUT2D eigenvalue weighted by Gasteiger charge is -2.31. The minimum atomic E-state index is -0.709. The maximum atomic E-state index is 13.8. The van der Waals surface area contributed by atoms with Crippen LogP contribution in [0.5, 0.6) is 5.75 Å². The highest BCUT2D eigenvalue weighted by Crippen LogP contribution is 2.50. The van der Waals surface area contributed by atoms with Gasteiger partial charge < -0.3 is 39.9 Å². The predicted octanol–water partition coefficient (Wildman–Crippen LogP) is 9.14. The van der Waals surface area contributed by atoms with E-state index in [1.54, 1.807) is 0 Å². The molecule has 3 fully saturated rings. The zero-order valence-electron chi connectivity index (χ0n) is 39.1. The van der Waals surface area contributed by atoms with Crippen molar-refractivity contribution in [1.29, 1.82) is 0 Å². The molecular weight excluding hydrogens is 867 g/mol. The van der Waals surface area contributed by atoms with Crippen LogP contribution in [-0.2, 0) is 19.1 Å². The average molecular weight is 926 g/mol. The Balaban J connectivity index is 0.968. The molecule has 16 heteroatoms. The van der Waals surface area contributed by atoms with Crippen molar-refractivity contribution in [2.75, 3.05) is 20.2 Å². The van der Waals surface area contributed by atoms with E-state index in [2.05, 4.69) is 80.6 Å². The van der Waals surface area contributed by atoms with Gasteiger partial charge in [0.2, 0.25) is 23.9 Å². The number of carbonyl (C=O) groups excluding carboxylic acids is 4. The number of likely N-dealkylation sites (tertiary alicyclic amines) is 2. The molecule has 10 rings (SSSR count). The fraction of sp³-hybridized carbons (Fsp3) is 0.451. The van der Waals surface area contributed by atoms with Crippen LogP contribution in [0.15, 0.2) is 60.9 Å². The molecule has 1 aliphatic carbocycles. The van der Waals surface area contributed by atoms with Gasteiger partial charge in [-0.3, -0.25) is 19.0 Å².